The molecule has 2 aliphatic rings. The van der Waals surface area contributed by atoms with Crippen LogP contribution in [-0.2, 0) is 13.0 Å². The van der Waals surface area contributed by atoms with Crippen molar-refractivity contribution in [1.29, 1.82) is 0 Å². The highest BCUT2D eigenvalue weighted by molar-refractivity contribution is 5.95. The van der Waals surface area contributed by atoms with Crippen molar-refractivity contribution < 1.29 is 0 Å². The van der Waals surface area contributed by atoms with Crippen molar-refractivity contribution >= 4 is 22.3 Å². The second-order valence-electron chi connectivity index (χ2n) is 7.32. The number of nitrogens with one attached hydrogen (secondary N) is 1. The Bertz CT molecular complexity index is 1140. The van der Waals surface area contributed by atoms with Gasteiger partial charge in [0.2, 0.25) is 0 Å². The normalized spacial score (nSPS) is 16.1. The number of benzene rings is 3. The van der Waals surface area contributed by atoms with Crippen LogP contribution < -0.4 is 9.80 Å². The van der Waals surface area contributed by atoms with Gasteiger partial charge in [0.25, 0.3) is 0 Å². The van der Waals surface area contributed by atoms with Crippen molar-refractivity contribution in [2.24, 2.45) is 0 Å². The van der Waals surface area contributed by atoms with Gasteiger partial charge >= 0.3 is 0 Å². The SMILES string of the molecule is c1ccc2c(c1)CN(c1[nH]cc3ccccc13)[C]2N1CCc2ccccc21. The molecule has 2 aliphatic heterocycles. The predicted octanol–water partition coefficient (Wildman–Crippen LogP) is 5.09. The maximum absolute atomic E-state index is 3.55. The topological polar surface area (TPSA) is 22.3 Å². The fraction of sp³-hybridized carbons (Fsp3) is 0.125. The van der Waals surface area contributed by atoms with Gasteiger partial charge in [-0.3, -0.25) is 0 Å². The van der Waals surface area contributed by atoms with Gasteiger partial charge in [0.15, 0.2) is 6.17 Å². The number of rotatable bonds is 2. The zero-order valence-electron chi connectivity index (χ0n) is 15.0. The molecule has 1 N–H and O–H groups in total. The summed E-state index contributed by atoms with van der Waals surface area (Å²) in [4.78, 5) is 8.50. The van der Waals surface area contributed by atoms with E-state index in [4.69, 9.17) is 0 Å². The summed E-state index contributed by atoms with van der Waals surface area (Å²) in [5, 5.41) is 2.53. The minimum Gasteiger partial charge on any atom is -0.347 e. The van der Waals surface area contributed by atoms with Crippen molar-refractivity contribution in [2.45, 2.75) is 13.0 Å². The lowest BCUT2D eigenvalue weighted by Crippen LogP contribution is -2.38. The van der Waals surface area contributed by atoms with Gasteiger partial charge in [0, 0.05) is 41.3 Å². The molecule has 0 fully saturated rings. The third kappa shape index (κ3) is 2.15. The number of nitrogens with zero attached hydrogens (tertiary/aromatic N) is 2. The predicted molar refractivity (Wildman–Crippen MR) is 111 cm³/mol. The lowest BCUT2D eigenvalue weighted by molar-refractivity contribution is 0.788. The maximum Gasteiger partial charge on any atom is 0.189 e. The third-order valence-corrected chi connectivity index (χ3v) is 5.84. The fourth-order valence-corrected chi connectivity index (χ4v) is 4.59. The van der Waals surface area contributed by atoms with Crippen LogP contribution in [0.4, 0.5) is 11.5 Å². The van der Waals surface area contributed by atoms with E-state index >= 15 is 0 Å². The first-order valence-corrected chi connectivity index (χ1v) is 9.54. The van der Waals surface area contributed by atoms with Crippen molar-refractivity contribution in [1.82, 2.24) is 4.98 Å². The summed E-state index contributed by atoms with van der Waals surface area (Å²) in [7, 11) is 0. The lowest BCUT2D eigenvalue weighted by Gasteiger charge is -2.34. The van der Waals surface area contributed by atoms with Gasteiger partial charge < -0.3 is 14.8 Å². The molecule has 0 spiro atoms. The Balaban J connectivity index is 1.52. The van der Waals surface area contributed by atoms with Gasteiger partial charge in [-0.1, -0.05) is 66.7 Å². The Hall–Kier alpha value is -3.20. The molecule has 4 aromatic rings. The standard InChI is InChI=1S/C24H20N3/c1-4-10-20-18(8-1)15-25-23(20)27-16-19-9-2-5-11-21(19)24(27)26-14-13-17-7-3-6-12-22(17)26/h1-12,15,25H,13-14,16H2. The first kappa shape index (κ1) is 14.9. The molecule has 131 valence electrons. The van der Waals surface area contributed by atoms with E-state index in [1.54, 1.807) is 0 Å². The Labute approximate surface area is 158 Å². The largest absolute Gasteiger partial charge is 0.347 e. The number of aromatic amines is 1. The number of H-pyrrole nitrogens is 1. The zero-order chi connectivity index (χ0) is 17.8. The monoisotopic (exact) mass is 350 g/mol. The molecule has 1 radical (unpaired) electrons. The lowest BCUT2D eigenvalue weighted by atomic mass is 10.1. The minimum absolute atomic E-state index is 0.898. The number of para-hydroxylation sites is 1. The average Bonchev–Trinajstić information content (AvgIpc) is 3.42. The molecule has 0 atom stereocenters. The van der Waals surface area contributed by atoms with Crippen LogP contribution in [0.25, 0.3) is 10.8 Å². The highest BCUT2D eigenvalue weighted by Crippen LogP contribution is 2.44. The van der Waals surface area contributed by atoms with E-state index in [2.05, 4.69) is 93.8 Å². The van der Waals surface area contributed by atoms with Gasteiger partial charge in [-0.05, 0) is 23.6 Å². The molecule has 6 rings (SSSR count). The number of fused-ring (bicyclic) bond motifs is 3. The van der Waals surface area contributed by atoms with Crippen LogP contribution in [0, 0.1) is 6.17 Å². The first-order chi connectivity index (χ1) is 13.4. The molecular weight excluding hydrogens is 330 g/mol. The van der Waals surface area contributed by atoms with Gasteiger partial charge in [-0.25, -0.2) is 0 Å². The molecule has 3 aromatic carbocycles. The highest BCUT2D eigenvalue weighted by atomic mass is 15.4. The summed E-state index contributed by atoms with van der Waals surface area (Å²) in [6, 6.07) is 26.2. The Kier molecular flexibility index (Phi) is 3.12. The minimum atomic E-state index is 0.898. The van der Waals surface area contributed by atoms with E-state index in [9.17, 15) is 0 Å². The number of hydrogen-bond acceptors (Lipinski definition) is 2. The first-order valence-electron chi connectivity index (χ1n) is 9.54. The molecule has 0 bridgehead atoms. The van der Waals surface area contributed by atoms with Gasteiger partial charge in [0.05, 0.1) is 0 Å². The van der Waals surface area contributed by atoms with Crippen LogP contribution in [0.15, 0.2) is 79.0 Å². The van der Waals surface area contributed by atoms with Crippen molar-refractivity contribution in [3.63, 3.8) is 0 Å². The van der Waals surface area contributed by atoms with Crippen LogP contribution >= 0.6 is 0 Å². The van der Waals surface area contributed by atoms with Crippen LogP contribution in [0.2, 0.25) is 0 Å². The summed E-state index contributed by atoms with van der Waals surface area (Å²) in [6.07, 6.45) is 4.51. The second-order valence-corrected chi connectivity index (χ2v) is 7.32. The molecule has 3 heterocycles. The molecule has 3 heteroatoms. The molecule has 3 nitrogen and oxygen atoms in total. The number of anilines is 2. The summed E-state index contributed by atoms with van der Waals surface area (Å²) in [6.45, 7) is 1.92. The highest BCUT2D eigenvalue weighted by Gasteiger charge is 2.39. The van der Waals surface area contributed by atoms with Crippen LogP contribution in [0.1, 0.15) is 16.7 Å². The Morgan fingerprint density at radius 1 is 0.741 bits per heavy atom. The summed E-state index contributed by atoms with van der Waals surface area (Å²) >= 11 is 0. The molecule has 0 amide bonds. The smallest absolute Gasteiger partial charge is 0.189 e. The zero-order valence-corrected chi connectivity index (χ0v) is 15.0. The van der Waals surface area contributed by atoms with Gasteiger partial charge in [0.1, 0.15) is 5.82 Å². The van der Waals surface area contributed by atoms with Crippen LogP contribution in [-0.4, -0.2) is 11.5 Å². The average molecular weight is 350 g/mol. The molecule has 0 saturated carbocycles. The van der Waals surface area contributed by atoms with E-state index in [0.29, 0.717) is 0 Å². The van der Waals surface area contributed by atoms with E-state index in [0.717, 1.165) is 19.5 Å². The number of hydrogen-bond donors (Lipinski definition) is 1. The van der Waals surface area contributed by atoms with Crippen LogP contribution in [0.5, 0.6) is 0 Å². The molecule has 0 saturated heterocycles. The van der Waals surface area contributed by atoms with E-state index in [1.165, 1.54) is 45.1 Å². The maximum atomic E-state index is 3.55. The van der Waals surface area contributed by atoms with Gasteiger partial charge in [-0.15, -0.1) is 0 Å². The summed E-state index contributed by atoms with van der Waals surface area (Å²) < 4.78 is 0. The molecular formula is C24H20N3. The van der Waals surface area contributed by atoms with E-state index in [-0.39, 0.29) is 0 Å². The Morgan fingerprint density at radius 2 is 1.52 bits per heavy atom. The third-order valence-electron chi connectivity index (χ3n) is 5.84. The summed E-state index contributed by atoms with van der Waals surface area (Å²) in [5.41, 5.74) is 5.50. The quantitative estimate of drug-likeness (QED) is 0.544. The number of aromatic nitrogens is 1. The van der Waals surface area contributed by atoms with Crippen molar-refractivity contribution in [3.05, 3.63) is 102 Å². The molecule has 0 aliphatic carbocycles. The van der Waals surface area contributed by atoms with Crippen molar-refractivity contribution in [3.8, 4) is 0 Å². The second kappa shape index (κ2) is 5.65. The Morgan fingerprint density at radius 3 is 2.48 bits per heavy atom. The van der Waals surface area contributed by atoms with E-state index in [1.807, 2.05) is 0 Å². The van der Waals surface area contributed by atoms with Crippen LogP contribution in [0.3, 0.4) is 0 Å². The van der Waals surface area contributed by atoms with Gasteiger partial charge in [-0.2, -0.15) is 0 Å². The molecule has 27 heavy (non-hydrogen) atoms. The fourth-order valence-electron chi connectivity index (χ4n) is 4.59. The summed E-state index contributed by atoms with van der Waals surface area (Å²) in [5.74, 6) is 1.18. The van der Waals surface area contributed by atoms with Crippen molar-refractivity contribution in [2.75, 3.05) is 16.3 Å². The molecule has 0 unspecified atom stereocenters. The molecule has 1 aromatic heterocycles. The van der Waals surface area contributed by atoms with E-state index < -0.39 is 0 Å².